The van der Waals surface area contributed by atoms with Crippen LogP contribution in [0.15, 0.2) is 0 Å². The van der Waals surface area contributed by atoms with Crippen molar-refractivity contribution in [3.05, 3.63) is 0 Å². The van der Waals surface area contributed by atoms with Crippen LogP contribution in [0, 0.1) is 5.41 Å². The summed E-state index contributed by atoms with van der Waals surface area (Å²) in [5.74, 6) is -0.940. The molecule has 0 rings (SSSR count). The fraction of sp³-hybridized carbons (Fsp3) is 0.889. The minimum absolute atomic E-state index is 0.172. The van der Waals surface area contributed by atoms with Crippen LogP contribution < -0.4 is 11.5 Å². The summed E-state index contributed by atoms with van der Waals surface area (Å²) in [6.45, 7) is 4.07. The minimum Gasteiger partial charge on any atom is -0.393 e. The number of carbonyl (C=O) groups excluding carboxylic acids is 2. The molecule has 0 saturated heterocycles. The van der Waals surface area contributed by atoms with E-state index >= 15 is 0 Å². The highest BCUT2D eigenvalue weighted by molar-refractivity contribution is 5.81. The van der Waals surface area contributed by atoms with Gasteiger partial charge in [-0.25, -0.2) is 0 Å². The first kappa shape index (κ1) is 22.9. The van der Waals surface area contributed by atoms with Gasteiger partial charge in [0.2, 0.25) is 11.8 Å². The number of nitrogens with two attached hydrogens (primary N) is 2. The second-order valence-corrected chi connectivity index (χ2v) is 6.96. The Labute approximate surface area is 146 Å². The molecule has 0 bridgehead atoms. The van der Waals surface area contributed by atoms with Gasteiger partial charge in [-0.05, 0) is 38.5 Å². The largest absolute Gasteiger partial charge is 0.393 e. The number of hydrogen-bond acceptors (Lipinski definition) is 4. The third kappa shape index (κ3) is 9.23. The Balaban J connectivity index is 5.07. The molecule has 2 atom stereocenters. The van der Waals surface area contributed by atoms with Gasteiger partial charge in [0, 0.05) is 6.42 Å². The molecule has 142 valence electrons. The number of amides is 2. The Morgan fingerprint density at radius 3 is 1.71 bits per heavy atom. The van der Waals surface area contributed by atoms with Crippen LogP contribution in [0.2, 0.25) is 0 Å². The van der Waals surface area contributed by atoms with Crippen LogP contribution in [-0.2, 0) is 9.59 Å². The Hall–Kier alpha value is -1.14. The number of unbranched alkanes of at least 4 members (excludes halogenated alkanes) is 2. The number of primary amides is 2. The van der Waals surface area contributed by atoms with Crippen molar-refractivity contribution in [1.29, 1.82) is 0 Å². The van der Waals surface area contributed by atoms with Gasteiger partial charge in [0.25, 0.3) is 0 Å². The van der Waals surface area contributed by atoms with Crippen LogP contribution >= 0.6 is 0 Å². The molecule has 24 heavy (non-hydrogen) atoms. The van der Waals surface area contributed by atoms with E-state index in [1.54, 1.807) is 0 Å². The van der Waals surface area contributed by atoms with Crippen LogP contribution in [0.4, 0.5) is 0 Å². The van der Waals surface area contributed by atoms with Crippen molar-refractivity contribution in [2.75, 3.05) is 0 Å². The zero-order chi connectivity index (χ0) is 18.6. The van der Waals surface area contributed by atoms with Gasteiger partial charge in [0.1, 0.15) is 0 Å². The number of carbonyl (C=O) groups is 2. The predicted octanol–water partition coefficient (Wildman–Crippen LogP) is 2.00. The third-order valence-electron chi connectivity index (χ3n) is 4.64. The van der Waals surface area contributed by atoms with Crippen LogP contribution in [0.1, 0.15) is 84.5 Å². The number of rotatable bonds is 15. The number of aliphatic hydroxyl groups is 2. The first-order valence-electron chi connectivity index (χ1n) is 9.21. The van der Waals surface area contributed by atoms with Crippen molar-refractivity contribution in [3.8, 4) is 0 Å². The lowest BCUT2D eigenvalue weighted by Gasteiger charge is -2.34. The molecule has 0 radical (unpaired) electrons. The maximum atomic E-state index is 12.2. The van der Waals surface area contributed by atoms with E-state index < -0.39 is 29.4 Å². The Kier molecular flexibility index (Phi) is 11.7. The summed E-state index contributed by atoms with van der Waals surface area (Å²) in [5.41, 5.74) is 9.85. The second-order valence-electron chi connectivity index (χ2n) is 6.96. The molecule has 2 amide bonds. The van der Waals surface area contributed by atoms with Gasteiger partial charge in [0.15, 0.2) is 0 Å². The molecule has 0 aliphatic carbocycles. The molecular formula is C18H36N2O4. The summed E-state index contributed by atoms with van der Waals surface area (Å²) in [4.78, 5) is 23.2. The highest BCUT2D eigenvalue weighted by Gasteiger charge is 2.39. The topological polar surface area (TPSA) is 127 Å². The van der Waals surface area contributed by atoms with Gasteiger partial charge in [-0.3, -0.25) is 9.59 Å². The van der Waals surface area contributed by atoms with Crippen molar-refractivity contribution in [2.24, 2.45) is 16.9 Å². The Morgan fingerprint density at radius 1 is 0.917 bits per heavy atom. The fourth-order valence-electron chi connectivity index (χ4n) is 3.20. The summed E-state index contributed by atoms with van der Waals surface area (Å²) >= 11 is 0. The van der Waals surface area contributed by atoms with E-state index in [9.17, 15) is 19.8 Å². The molecule has 6 nitrogen and oxygen atoms in total. The second kappa shape index (κ2) is 12.3. The van der Waals surface area contributed by atoms with E-state index in [-0.39, 0.29) is 19.3 Å². The summed E-state index contributed by atoms with van der Waals surface area (Å²) in [5, 5.41) is 20.6. The number of hydrogen-bond donors (Lipinski definition) is 4. The molecule has 0 aromatic rings. The fourth-order valence-corrected chi connectivity index (χ4v) is 3.20. The standard InChI is InChI=1S/C18H36N2O4/c1-3-5-8-14(21)12-18(17(20)24,11-7-10-16(19)23)13-15(22)9-6-4-2/h14-15,21-22H,3-13H2,1-2H3,(H2,19,23)(H2,20,24). The molecule has 6 heteroatoms. The van der Waals surface area contributed by atoms with Crippen LogP contribution in [0.5, 0.6) is 0 Å². The van der Waals surface area contributed by atoms with Gasteiger partial charge in [-0.1, -0.05) is 39.5 Å². The van der Waals surface area contributed by atoms with Gasteiger partial charge in [0.05, 0.1) is 17.6 Å². The van der Waals surface area contributed by atoms with Gasteiger partial charge in [-0.15, -0.1) is 0 Å². The first-order valence-corrected chi connectivity index (χ1v) is 9.21. The molecule has 0 heterocycles. The predicted molar refractivity (Wildman–Crippen MR) is 95.0 cm³/mol. The maximum absolute atomic E-state index is 12.2. The van der Waals surface area contributed by atoms with Gasteiger partial charge in [-0.2, -0.15) is 0 Å². The maximum Gasteiger partial charge on any atom is 0.223 e. The molecule has 0 aliphatic rings. The molecular weight excluding hydrogens is 308 g/mol. The zero-order valence-corrected chi connectivity index (χ0v) is 15.3. The van der Waals surface area contributed by atoms with Crippen LogP contribution in [0.25, 0.3) is 0 Å². The summed E-state index contributed by atoms with van der Waals surface area (Å²) in [7, 11) is 0. The lowest BCUT2D eigenvalue weighted by Crippen LogP contribution is -2.42. The van der Waals surface area contributed by atoms with Gasteiger partial charge < -0.3 is 21.7 Å². The molecule has 0 fully saturated rings. The first-order chi connectivity index (χ1) is 11.3. The van der Waals surface area contributed by atoms with Gasteiger partial charge >= 0.3 is 0 Å². The summed E-state index contributed by atoms with van der Waals surface area (Å²) in [6.07, 6.45) is 5.01. The van der Waals surface area contributed by atoms with E-state index in [1.807, 2.05) is 13.8 Å². The average Bonchev–Trinajstić information content (AvgIpc) is 2.50. The Bertz CT molecular complexity index is 358. The van der Waals surface area contributed by atoms with E-state index in [2.05, 4.69) is 0 Å². The van der Waals surface area contributed by atoms with E-state index in [0.717, 1.165) is 25.7 Å². The molecule has 0 aromatic carbocycles. The monoisotopic (exact) mass is 344 g/mol. The quantitative estimate of drug-likeness (QED) is 0.362. The average molecular weight is 344 g/mol. The lowest BCUT2D eigenvalue weighted by molar-refractivity contribution is -0.133. The van der Waals surface area contributed by atoms with Crippen molar-refractivity contribution < 1.29 is 19.8 Å². The number of aliphatic hydroxyl groups excluding tert-OH is 2. The molecule has 0 aliphatic heterocycles. The van der Waals surface area contributed by atoms with E-state index in [0.29, 0.717) is 25.7 Å². The normalized spacial score (nSPS) is 16.3. The van der Waals surface area contributed by atoms with Crippen LogP contribution in [-0.4, -0.2) is 34.2 Å². The third-order valence-corrected chi connectivity index (χ3v) is 4.64. The molecule has 6 N–H and O–H groups in total. The summed E-state index contributed by atoms with van der Waals surface area (Å²) in [6, 6.07) is 0. The van der Waals surface area contributed by atoms with E-state index in [1.165, 1.54) is 0 Å². The van der Waals surface area contributed by atoms with Crippen LogP contribution in [0.3, 0.4) is 0 Å². The smallest absolute Gasteiger partial charge is 0.223 e. The Morgan fingerprint density at radius 2 is 1.38 bits per heavy atom. The summed E-state index contributed by atoms with van der Waals surface area (Å²) < 4.78 is 0. The molecule has 0 spiro atoms. The van der Waals surface area contributed by atoms with Crippen molar-refractivity contribution in [1.82, 2.24) is 0 Å². The van der Waals surface area contributed by atoms with Crippen molar-refractivity contribution >= 4 is 11.8 Å². The van der Waals surface area contributed by atoms with Crippen molar-refractivity contribution in [2.45, 2.75) is 96.7 Å². The van der Waals surface area contributed by atoms with Crippen molar-refractivity contribution in [3.63, 3.8) is 0 Å². The molecule has 0 saturated carbocycles. The zero-order valence-electron chi connectivity index (χ0n) is 15.3. The molecule has 2 unspecified atom stereocenters. The van der Waals surface area contributed by atoms with E-state index in [4.69, 9.17) is 11.5 Å². The highest BCUT2D eigenvalue weighted by Crippen LogP contribution is 2.37. The molecule has 0 aromatic heterocycles. The lowest BCUT2D eigenvalue weighted by atomic mass is 9.72. The SMILES string of the molecule is CCCCC(O)CC(CCCC(N)=O)(CC(O)CCCC)C(N)=O. The highest BCUT2D eigenvalue weighted by atomic mass is 16.3. The minimum atomic E-state index is -0.990.